The molecular formula is C12H17NO2. The van der Waals surface area contributed by atoms with E-state index in [-0.39, 0.29) is 12.3 Å². The van der Waals surface area contributed by atoms with Gasteiger partial charge in [-0.3, -0.25) is 4.79 Å². The monoisotopic (exact) mass is 207 g/mol. The Morgan fingerprint density at radius 1 is 1.33 bits per heavy atom. The summed E-state index contributed by atoms with van der Waals surface area (Å²) in [5.74, 6) is -0.376. The van der Waals surface area contributed by atoms with E-state index in [1.165, 1.54) is 0 Å². The average molecular weight is 207 g/mol. The number of rotatable bonds is 4. The van der Waals surface area contributed by atoms with Gasteiger partial charge in [0.25, 0.3) is 0 Å². The summed E-state index contributed by atoms with van der Waals surface area (Å²) in [4.78, 5) is 10.6. The van der Waals surface area contributed by atoms with Crippen LogP contribution in [0.4, 0.5) is 0 Å². The van der Waals surface area contributed by atoms with E-state index in [1.54, 1.807) is 0 Å². The fourth-order valence-electron chi connectivity index (χ4n) is 1.65. The number of primary amides is 1. The molecule has 0 bridgehead atoms. The van der Waals surface area contributed by atoms with Crippen LogP contribution in [-0.4, -0.2) is 11.0 Å². The fraction of sp³-hybridized carbons (Fsp3) is 0.417. The number of carbonyl (C=O) groups is 1. The molecule has 0 saturated carbocycles. The number of aryl methyl sites for hydroxylation is 2. The van der Waals surface area contributed by atoms with Crippen molar-refractivity contribution in [2.45, 2.75) is 32.8 Å². The van der Waals surface area contributed by atoms with Crippen LogP contribution in [0.25, 0.3) is 0 Å². The Hall–Kier alpha value is -1.35. The van der Waals surface area contributed by atoms with Crippen molar-refractivity contribution in [3.8, 4) is 0 Å². The van der Waals surface area contributed by atoms with Crippen molar-refractivity contribution >= 4 is 5.91 Å². The van der Waals surface area contributed by atoms with Gasteiger partial charge in [-0.05, 0) is 25.8 Å². The number of hydrogen-bond donors (Lipinski definition) is 2. The Morgan fingerprint density at radius 3 is 2.33 bits per heavy atom. The molecule has 1 aromatic carbocycles. The highest BCUT2D eigenvalue weighted by Crippen LogP contribution is 2.20. The van der Waals surface area contributed by atoms with Crippen LogP contribution in [0.1, 0.15) is 35.6 Å². The molecule has 1 atom stereocenters. The molecule has 3 N–H and O–H groups in total. The summed E-state index contributed by atoms with van der Waals surface area (Å²) in [5.41, 5.74) is 8.11. The third kappa shape index (κ3) is 3.72. The lowest BCUT2D eigenvalue weighted by molar-refractivity contribution is -0.118. The summed E-state index contributed by atoms with van der Waals surface area (Å²) in [6.07, 6.45) is 0.00272. The Morgan fingerprint density at radius 2 is 1.87 bits per heavy atom. The lowest BCUT2D eigenvalue weighted by atomic mass is 10.0. The van der Waals surface area contributed by atoms with Gasteiger partial charge >= 0.3 is 0 Å². The van der Waals surface area contributed by atoms with Crippen LogP contribution in [0, 0.1) is 13.8 Å². The zero-order chi connectivity index (χ0) is 11.4. The predicted octanol–water partition coefficient (Wildman–Crippen LogP) is 1.60. The third-order valence-corrected chi connectivity index (χ3v) is 2.29. The molecule has 1 rings (SSSR count). The maximum absolute atomic E-state index is 10.6. The van der Waals surface area contributed by atoms with Crippen LogP contribution in [0.15, 0.2) is 18.2 Å². The van der Waals surface area contributed by atoms with Crippen LogP contribution in [0.5, 0.6) is 0 Å². The second-order valence-electron chi connectivity index (χ2n) is 3.94. The van der Waals surface area contributed by atoms with Gasteiger partial charge in [0.15, 0.2) is 0 Å². The zero-order valence-corrected chi connectivity index (χ0v) is 9.16. The van der Waals surface area contributed by atoms with Crippen molar-refractivity contribution in [1.82, 2.24) is 0 Å². The summed E-state index contributed by atoms with van der Waals surface area (Å²) in [5, 5.41) is 9.81. The van der Waals surface area contributed by atoms with Crippen molar-refractivity contribution in [2.75, 3.05) is 0 Å². The Labute approximate surface area is 89.9 Å². The molecule has 0 saturated heterocycles. The van der Waals surface area contributed by atoms with E-state index in [4.69, 9.17) is 5.73 Å². The molecule has 1 aromatic rings. The van der Waals surface area contributed by atoms with Gasteiger partial charge in [-0.2, -0.15) is 0 Å². The van der Waals surface area contributed by atoms with Crippen LogP contribution in [0.3, 0.4) is 0 Å². The van der Waals surface area contributed by atoms with Gasteiger partial charge < -0.3 is 10.8 Å². The molecule has 82 valence electrons. The topological polar surface area (TPSA) is 63.3 Å². The SMILES string of the molecule is Cc1cc(C)cc(C(O)CCC(N)=O)c1. The summed E-state index contributed by atoms with van der Waals surface area (Å²) < 4.78 is 0. The molecule has 0 aliphatic rings. The smallest absolute Gasteiger partial charge is 0.217 e. The minimum atomic E-state index is -0.601. The largest absolute Gasteiger partial charge is 0.388 e. The van der Waals surface area contributed by atoms with Crippen molar-refractivity contribution in [3.05, 3.63) is 34.9 Å². The van der Waals surface area contributed by atoms with Gasteiger partial charge in [0.1, 0.15) is 0 Å². The quantitative estimate of drug-likeness (QED) is 0.787. The van der Waals surface area contributed by atoms with Gasteiger partial charge in [-0.25, -0.2) is 0 Å². The van der Waals surface area contributed by atoms with Gasteiger partial charge in [0.2, 0.25) is 5.91 Å². The number of nitrogens with two attached hydrogens (primary N) is 1. The molecule has 0 aromatic heterocycles. The second-order valence-corrected chi connectivity index (χ2v) is 3.94. The summed E-state index contributed by atoms with van der Waals surface area (Å²) >= 11 is 0. The van der Waals surface area contributed by atoms with E-state index in [0.717, 1.165) is 16.7 Å². The first-order chi connectivity index (χ1) is 6.99. The van der Waals surface area contributed by atoms with Crippen LogP contribution >= 0.6 is 0 Å². The number of aliphatic hydroxyl groups is 1. The highest BCUT2D eigenvalue weighted by atomic mass is 16.3. The van der Waals surface area contributed by atoms with E-state index in [2.05, 4.69) is 0 Å². The molecule has 1 unspecified atom stereocenters. The molecule has 0 spiro atoms. The van der Waals surface area contributed by atoms with Crippen molar-refractivity contribution in [3.63, 3.8) is 0 Å². The van der Waals surface area contributed by atoms with Crippen molar-refractivity contribution in [2.24, 2.45) is 5.73 Å². The molecular weight excluding hydrogens is 190 g/mol. The molecule has 3 heteroatoms. The minimum Gasteiger partial charge on any atom is -0.388 e. The second kappa shape index (κ2) is 4.94. The van der Waals surface area contributed by atoms with Gasteiger partial charge in [-0.15, -0.1) is 0 Å². The highest BCUT2D eigenvalue weighted by Gasteiger charge is 2.09. The maximum atomic E-state index is 10.6. The Balaban J connectivity index is 2.72. The lowest BCUT2D eigenvalue weighted by Crippen LogP contribution is -2.12. The van der Waals surface area contributed by atoms with Crippen molar-refractivity contribution in [1.29, 1.82) is 0 Å². The van der Waals surface area contributed by atoms with E-state index >= 15 is 0 Å². The molecule has 0 heterocycles. The first-order valence-corrected chi connectivity index (χ1v) is 5.03. The van der Waals surface area contributed by atoms with Crippen LogP contribution in [-0.2, 0) is 4.79 Å². The van der Waals surface area contributed by atoms with Crippen LogP contribution < -0.4 is 5.73 Å². The molecule has 3 nitrogen and oxygen atoms in total. The van der Waals surface area contributed by atoms with Gasteiger partial charge in [0.05, 0.1) is 6.10 Å². The van der Waals surface area contributed by atoms with E-state index in [1.807, 2.05) is 32.0 Å². The first kappa shape index (κ1) is 11.7. The first-order valence-electron chi connectivity index (χ1n) is 5.03. The third-order valence-electron chi connectivity index (χ3n) is 2.29. The Bertz CT molecular complexity index is 340. The maximum Gasteiger partial charge on any atom is 0.217 e. The predicted molar refractivity (Wildman–Crippen MR) is 59.3 cm³/mol. The number of carbonyl (C=O) groups excluding carboxylic acids is 1. The number of benzene rings is 1. The summed E-state index contributed by atoms with van der Waals surface area (Å²) in [6, 6.07) is 5.90. The van der Waals surface area contributed by atoms with E-state index in [0.29, 0.717) is 6.42 Å². The zero-order valence-electron chi connectivity index (χ0n) is 9.16. The molecule has 15 heavy (non-hydrogen) atoms. The molecule has 0 aliphatic carbocycles. The standard InChI is InChI=1S/C12H17NO2/c1-8-5-9(2)7-10(6-8)11(14)3-4-12(13)15/h5-7,11,14H,3-4H2,1-2H3,(H2,13,15). The summed E-state index contributed by atoms with van der Waals surface area (Å²) in [7, 11) is 0. The van der Waals surface area contributed by atoms with E-state index in [9.17, 15) is 9.90 Å². The highest BCUT2D eigenvalue weighted by molar-refractivity contribution is 5.73. The molecule has 0 aliphatic heterocycles. The minimum absolute atomic E-state index is 0.216. The molecule has 1 amide bonds. The molecule has 0 radical (unpaired) electrons. The summed E-state index contributed by atoms with van der Waals surface area (Å²) in [6.45, 7) is 3.97. The number of aliphatic hydroxyl groups excluding tert-OH is 1. The normalized spacial score (nSPS) is 12.5. The van der Waals surface area contributed by atoms with Gasteiger partial charge in [-0.1, -0.05) is 29.3 Å². The lowest BCUT2D eigenvalue weighted by Gasteiger charge is -2.11. The number of hydrogen-bond acceptors (Lipinski definition) is 2. The Kier molecular flexibility index (Phi) is 3.86. The molecule has 0 fully saturated rings. The van der Waals surface area contributed by atoms with E-state index < -0.39 is 6.10 Å². The fourth-order valence-corrected chi connectivity index (χ4v) is 1.65. The number of amides is 1. The average Bonchev–Trinajstić information content (AvgIpc) is 2.12. The van der Waals surface area contributed by atoms with Crippen molar-refractivity contribution < 1.29 is 9.90 Å². The van der Waals surface area contributed by atoms with Gasteiger partial charge in [0, 0.05) is 6.42 Å². The van der Waals surface area contributed by atoms with Crippen LogP contribution in [0.2, 0.25) is 0 Å².